The Kier molecular flexibility index (Phi) is 10.6. The number of methoxy groups -OCH3 is 1. The Bertz CT molecular complexity index is 1680. The van der Waals surface area contributed by atoms with E-state index in [4.69, 9.17) is 19.2 Å². The van der Waals surface area contributed by atoms with Crippen LogP contribution in [-0.2, 0) is 15.9 Å². The third-order valence-corrected chi connectivity index (χ3v) is 8.62. The van der Waals surface area contributed by atoms with Crippen LogP contribution >= 0.6 is 22.7 Å². The molecule has 230 valence electrons. The van der Waals surface area contributed by atoms with Crippen LogP contribution in [0.2, 0.25) is 0 Å². The van der Waals surface area contributed by atoms with E-state index in [1.807, 2.05) is 42.2 Å². The van der Waals surface area contributed by atoms with Gasteiger partial charge >= 0.3 is 5.97 Å². The van der Waals surface area contributed by atoms with Gasteiger partial charge in [0.05, 0.1) is 23.4 Å². The lowest BCUT2D eigenvalue weighted by molar-refractivity contribution is 0.0519. The molecule has 0 aliphatic heterocycles. The lowest BCUT2D eigenvalue weighted by Crippen LogP contribution is -2.22. The zero-order valence-electron chi connectivity index (χ0n) is 24.7. The number of aromatic nitrogens is 4. The molecule has 0 aliphatic rings. The van der Waals surface area contributed by atoms with E-state index in [-0.39, 0.29) is 24.7 Å². The van der Waals surface area contributed by atoms with Crippen molar-refractivity contribution in [2.24, 2.45) is 0 Å². The maximum atomic E-state index is 14.0. The first-order chi connectivity index (χ1) is 21.5. The van der Waals surface area contributed by atoms with Gasteiger partial charge in [-0.05, 0) is 69.0 Å². The molecule has 0 fully saturated rings. The number of para-hydroxylation sites is 2. The summed E-state index contributed by atoms with van der Waals surface area (Å²) in [5.74, 6) is 0.486. The number of carbonyl (C=O) groups is 1. The van der Waals surface area contributed by atoms with Crippen molar-refractivity contribution in [2.75, 3.05) is 43.7 Å². The first-order valence-corrected chi connectivity index (χ1v) is 15.9. The number of halogens is 1. The highest BCUT2D eigenvalue weighted by Crippen LogP contribution is 2.34. The lowest BCUT2D eigenvalue weighted by atomic mass is 10.2. The van der Waals surface area contributed by atoms with Gasteiger partial charge in [0, 0.05) is 25.1 Å². The van der Waals surface area contributed by atoms with Crippen LogP contribution in [0.25, 0.3) is 10.2 Å². The van der Waals surface area contributed by atoms with E-state index < -0.39 is 11.8 Å². The number of hydrogen-bond donors (Lipinski definition) is 1. The minimum Gasteiger partial charge on any atom is -0.491 e. The van der Waals surface area contributed by atoms with Crippen molar-refractivity contribution in [1.29, 1.82) is 0 Å². The summed E-state index contributed by atoms with van der Waals surface area (Å²) in [4.78, 5) is 24.9. The molecule has 3 heterocycles. The number of rotatable bonds is 15. The van der Waals surface area contributed by atoms with Gasteiger partial charge in [-0.1, -0.05) is 35.6 Å². The van der Waals surface area contributed by atoms with Gasteiger partial charge < -0.3 is 24.4 Å². The molecule has 13 heteroatoms. The molecule has 5 rings (SSSR count). The summed E-state index contributed by atoms with van der Waals surface area (Å²) in [6.45, 7) is 5.30. The normalized spacial score (nSPS) is 11.1. The molecule has 0 bridgehead atoms. The Morgan fingerprint density at radius 3 is 2.61 bits per heavy atom. The molecule has 2 aromatic carbocycles. The van der Waals surface area contributed by atoms with Gasteiger partial charge in [-0.25, -0.2) is 19.2 Å². The molecule has 44 heavy (non-hydrogen) atoms. The Morgan fingerprint density at radius 1 is 1.02 bits per heavy atom. The van der Waals surface area contributed by atoms with E-state index in [1.54, 1.807) is 43.6 Å². The van der Waals surface area contributed by atoms with E-state index in [2.05, 4.69) is 20.5 Å². The Balaban J connectivity index is 1.37. The fourth-order valence-electron chi connectivity index (χ4n) is 4.39. The van der Waals surface area contributed by atoms with Crippen LogP contribution < -0.4 is 15.0 Å². The van der Waals surface area contributed by atoms with Crippen LogP contribution in [-0.4, -0.2) is 59.6 Å². The highest BCUT2D eigenvalue weighted by molar-refractivity contribution is 7.22. The van der Waals surface area contributed by atoms with E-state index in [0.29, 0.717) is 49.2 Å². The van der Waals surface area contributed by atoms with Crippen LogP contribution in [0, 0.1) is 12.7 Å². The Morgan fingerprint density at radius 2 is 1.84 bits per heavy atom. The number of ether oxygens (including phenoxy) is 3. The maximum Gasteiger partial charge on any atom is 0.358 e. The number of esters is 1. The average molecular weight is 637 g/mol. The molecule has 0 atom stereocenters. The van der Waals surface area contributed by atoms with Gasteiger partial charge in [-0.15, -0.1) is 21.5 Å². The maximum absolute atomic E-state index is 14.0. The number of benzene rings is 2. The number of hydrogen-bond acceptors (Lipinski definition) is 12. The van der Waals surface area contributed by atoms with Gasteiger partial charge in [0.25, 0.3) is 0 Å². The summed E-state index contributed by atoms with van der Waals surface area (Å²) >= 11 is 2.94. The van der Waals surface area contributed by atoms with Gasteiger partial charge in [0.1, 0.15) is 0 Å². The number of nitrogens with one attached hydrogen (secondary N) is 1. The molecule has 0 spiro atoms. The molecular weight excluding hydrogens is 604 g/mol. The van der Waals surface area contributed by atoms with Gasteiger partial charge in [-0.2, -0.15) is 0 Å². The molecule has 0 aliphatic carbocycles. The fourth-order valence-corrected chi connectivity index (χ4v) is 6.38. The molecule has 0 amide bonds. The average Bonchev–Trinajstić information content (AvgIpc) is 3.63. The number of nitrogens with zero attached hydrogens (tertiary/aromatic N) is 5. The van der Waals surface area contributed by atoms with Crippen LogP contribution in [0.3, 0.4) is 0 Å². The van der Waals surface area contributed by atoms with Crippen LogP contribution in [0.5, 0.6) is 5.75 Å². The molecule has 0 saturated carbocycles. The quantitative estimate of drug-likeness (QED) is 0.0944. The molecule has 3 aromatic heterocycles. The van der Waals surface area contributed by atoms with E-state index in [0.717, 1.165) is 25.8 Å². The zero-order chi connectivity index (χ0) is 30.9. The van der Waals surface area contributed by atoms with Gasteiger partial charge in [0.15, 0.2) is 39.2 Å². The van der Waals surface area contributed by atoms with Crippen molar-refractivity contribution in [3.63, 3.8) is 0 Å². The second-order valence-corrected chi connectivity index (χ2v) is 11.8. The van der Waals surface area contributed by atoms with Crippen molar-refractivity contribution in [1.82, 2.24) is 20.2 Å². The molecule has 0 saturated heterocycles. The topological polar surface area (TPSA) is 112 Å². The molecular formula is C31H33FN6O4S2. The molecule has 0 radical (unpaired) electrons. The highest BCUT2D eigenvalue weighted by atomic mass is 32.1. The van der Waals surface area contributed by atoms with Crippen molar-refractivity contribution in [2.45, 2.75) is 33.1 Å². The van der Waals surface area contributed by atoms with E-state index in [1.165, 1.54) is 17.4 Å². The number of thiazole rings is 2. The third-order valence-electron chi connectivity index (χ3n) is 6.53. The third kappa shape index (κ3) is 7.65. The minimum absolute atomic E-state index is 0.197. The summed E-state index contributed by atoms with van der Waals surface area (Å²) in [5.41, 5.74) is 2.05. The lowest BCUT2D eigenvalue weighted by Gasteiger charge is -2.21. The molecule has 1 N–H and O–H groups in total. The van der Waals surface area contributed by atoms with Crippen LogP contribution in [0.15, 0.2) is 54.6 Å². The number of carbonyl (C=O) groups excluding carboxylic acids is 1. The summed E-state index contributed by atoms with van der Waals surface area (Å²) in [6, 6.07) is 16.2. The number of fused-ring (bicyclic) bond motifs is 1. The molecule has 10 nitrogen and oxygen atoms in total. The van der Waals surface area contributed by atoms with Crippen molar-refractivity contribution >= 4 is 60.8 Å². The van der Waals surface area contributed by atoms with Crippen LogP contribution in [0.1, 0.15) is 40.7 Å². The summed E-state index contributed by atoms with van der Waals surface area (Å²) in [5, 5.41) is 13.6. The first kappa shape index (κ1) is 31.2. The largest absolute Gasteiger partial charge is 0.491 e. The van der Waals surface area contributed by atoms with Crippen molar-refractivity contribution in [3.8, 4) is 5.75 Å². The van der Waals surface area contributed by atoms with Gasteiger partial charge in [-0.3, -0.25) is 0 Å². The van der Waals surface area contributed by atoms with E-state index >= 15 is 0 Å². The van der Waals surface area contributed by atoms with Crippen LogP contribution in [0.4, 0.5) is 26.3 Å². The second-order valence-electron chi connectivity index (χ2n) is 9.72. The smallest absolute Gasteiger partial charge is 0.358 e. The Hall–Kier alpha value is -4.20. The second kappa shape index (κ2) is 15.0. The van der Waals surface area contributed by atoms with Crippen molar-refractivity contribution in [3.05, 3.63) is 76.5 Å². The molecule has 5 aromatic rings. The predicted octanol–water partition coefficient (Wildman–Crippen LogP) is 7.10. The fraction of sp³-hybridized carbons (Fsp3) is 0.323. The van der Waals surface area contributed by atoms with Gasteiger partial charge in [0.2, 0.25) is 0 Å². The highest BCUT2D eigenvalue weighted by Gasteiger charge is 2.24. The summed E-state index contributed by atoms with van der Waals surface area (Å²) in [6.07, 6.45) is 1.75. The number of anilines is 4. The predicted molar refractivity (Wildman–Crippen MR) is 171 cm³/mol. The summed E-state index contributed by atoms with van der Waals surface area (Å²) in [7, 11) is 1.65. The first-order valence-electron chi connectivity index (χ1n) is 14.2. The Labute approximate surface area is 262 Å². The summed E-state index contributed by atoms with van der Waals surface area (Å²) < 4.78 is 31.3. The number of aryl methyl sites for hydroxylation is 2. The van der Waals surface area contributed by atoms with E-state index in [9.17, 15) is 9.18 Å². The standard InChI is InChI=1S/C31H33FN6O4S2/c1-4-41-29(39)27-25(15-9-18-42-23-13-7-5-11-21(23)32)44-31(34-27)38(16-10-17-40-3)26-19-20(2)28(37-36-26)35-30-33-22-12-6-8-14-24(22)43-30/h5-8,11-14,19H,4,9-10,15-18H2,1-3H3,(H,33,35,37). The minimum atomic E-state index is -0.491. The molecule has 0 unspecified atom stereocenters. The SMILES string of the molecule is CCOC(=O)c1nc(N(CCCOC)c2cc(C)c(Nc3nc4ccccc4s3)nn2)sc1CCCOc1ccccc1F. The zero-order valence-corrected chi connectivity index (χ0v) is 26.3. The monoisotopic (exact) mass is 636 g/mol. The van der Waals surface area contributed by atoms with Crippen molar-refractivity contribution < 1.29 is 23.4 Å².